The highest BCUT2D eigenvalue weighted by Gasteiger charge is 2.28. The first-order valence-electron chi connectivity index (χ1n) is 8.99. The molecule has 0 N–H and O–H groups in total. The summed E-state index contributed by atoms with van der Waals surface area (Å²) in [5.41, 5.74) is 2.59. The number of carbonyl (C=O) groups is 2. The van der Waals surface area contributed by atoms with Crippen molar-refractivity contribution in [3.63, 3.8) is 0 Å². The number of hydrogen-bond donors (Lipinski definition) is 0. The predicted molar refractivity (Wildman–Crippen MR) is 95.5 cm³/mol. The molecule has 0 aromatic heterocycles. The van der Waals surface area contributed by atoms with E-state index in [0.717, 1.165) is 49.5 Å². The molecule has 1 aromatic rings. The first kappa shape index (κ1) is 16.1. The second kappa shape index (κ2) is 6.88. The second-order valence-electron chi connectivity index (χ2n) is 6.60. The zero-order chi connectivity index (χ0) is 17.2. The molecule has 3 heterocycles. The van der Waals surface area contributed by atoms with Crippen LogP contribution in [0.1, 0.15) is 19.3 Å². The smallest absolute Gasteiger partial charge is 0.274 e. The van der Waals surface area contributed by atoms with Gasteiger partial charge in [-0.25, -0.2) is 0 Å². The van der Waals surface area contributed by atoms with Crippen molar-refractivity contribution >= 4 is 23.2 Å². The number of rotatable bonds is 3. The maximum atomic E-state index is 12.9. The maximum absolute atomic E-state index is 12.9. The number of benzene rings is 1. The predicted octanol–water partition coefficient (Wildman–Crippen LogP) is 1.77. The van der Waals surface area contributed by atoms with Crippen molar-refractivity contribution in [2.75, 3.05) is 49.2 Å². The van der Waals surface area contributed by atoms with Gasteiger partial charge >= 0.3 is 0 Å². The summed E-state index contributed by atoms with van der Waals surface area (Å²) in [7, 11) is 0. The SMILES string of the molecule is O=C1CCCN1c1ccc(N2CCC=C(N3CCOCC3)C2=O)cc1. The molecule has 0 bridgehead atoms. The number of nitrogens with zero attached hydrogens (tertiary/aromatic N) is 3. The number of carbonyl (C=O) groups excluding carboxylic acids is 2. The van der Waals surface area contributed by atoms with Crippen LogP contribution in [0.25, 0.3) is 0 Å². The van der Waals surface area contributed by atoms with Crippen LogP contribution in [0.2, 0.25) is 0 Å². The van der Waals surface area contributed by atoms with Gasteiger partial charge in [-0.15, -0.1) is 0 Å². The highest BCUT2D eigenvalue weighted by Crippen LogP contribution is 2.27. The molecule has 6 heteroatoms. The second-order valence-corrected chi connectivity index (χ2v) is 6.60. The Morgan fingerprint density at radius 1 is 0.840 bits per heavy atom. The number of amides is 2. The van der Waals surface area contributed by atoms with Crippen molar-refractivity contribution in [1.82, 2.24) is 4.90 Å². The Morgan fingerprint density at radius 3 is 2.16 bits per heavy atom. The summed E-state index contributed by atoms with van der Waals surface area (Å²) in [6, 6.07) is 7.78. The van der Waals surface area contributed by atoms with Gasteiger partial charge in [-0.2, -0.15) is 0 Å². The summed E-state index contributed by atoms with van der Waals surface area (Å²) in [5, 5.41) is 0. The summed E-state index contributed by atoms with van der Waals surface area (Å²) in [4.78, 5) is 30.6. The third kappa shape index (κ3) is 3.14. The summed E-state index contributed by atoms with van der Waals surface area (Å²) < 4.78 is 5.38. The minimum absolute atomic E-state index is 0.0538. The molecule has 0 atom stereocenters. The lowest BCUT2D eigenvalue weighted by molar-refractivity contribution is -0.118. The van der Waals surface area contributed by atoms with Crippen molar-refractivity contribution in [2.45, 2.75) is 19.3 Å². The molecule has 1 aromatic carbocycles. The molecular formula is C19H23N3O3. The fourth-order valence-electron chi connectivity index (χ4n) is 3.71. The van der Waals surface area contributed by atoms with E-state index in [0.29, 0.717) is 26.2 Å². The van der Waals surface area contributed by atoms with E-state index in [4.69, 9.17) is 4.74 Å². The number of ether oxygens (including phenoxy) is 1. The van der Waals surface area contributed by atoms with Crippen molar-refractivity contribution in [2.24, 2.45) is 0 Å². The molecule has 132 valence electrons. The average molecular weight is 341 g/mol. The Hall–Kier alpha value is -2.34. The standard InChI is InChI=1S/C19H23N3O3/c23-18-4-2-9-21(18)15-5-7-16(8-6-15)22-10-1-3-17(19(22)24)20-11-13-25-14-12-20/h3,5-8H,1-2,4,9-14H2. The van der Waals surface area contributed by atoms with Crippen LogP contribution in [0.15, 0.2) is 36.0 Å². The molecule has 0 radical (unpaired) electrons. The molecule has 2 fully saturated rings. The summed E-state index contributed by atoms with van der Waals surface area (Å²) in [5.74, 6) is 0.234. The minimum atomic E-state index is 0.0538. The summed E-state index contributed by atoms with van der Waals surface area (Å²) in [6.07, 6.45) is 4.44. The van der Waals surface area contributed by atoms with Crippen molar-refractivity contribution in [1.29, 1.82) is 0 Å². The van der Waals surface area contributed by atoms with Crippen LogP contribution in [0.3, 0.4) is 0 Å². The Bertz CT molecular complexity index is 692. The molecule has 0 spiro atoms. The molecule has 3 aliphatic rings. The molecule has 0 unspecified atom stereocenters. The first-order chi connectivity index (χ1) is 12.2. The molecule has 4 rings (SSSR count). The van der Waals surface area contributed by atoms with Gasteiger partial charge in [0.05, 0.1) is 18.9 Å². The van der Waals surface area contributed by atoms with Crippen LogP contribution < -0.4 is 9.80 Å². The van der Waals surface area contributed by atoms with Crippen molar-refractivity contribution < 1.29 is 14.3 Å². The summed E-state index contributed by atoms with van der Waals surface area (Å²) in [6.45, 7) is 4.34. The van der Waals surface area contributed by atoms with E-state index >= 15 is 0 Å². The molecular weight excluding hydrogens is 318 g/mol. The largest absolute Gasteiger partial charge is 0.378 e. The average Bonchev–Trinajstić information content (AvgIpc) is 3.09. The van der Waals surface area contributed by atoms with Gasteiger partial charge in [-0.05, 0) is 37.1 Å². The highest BCUT2D eigenvalue weighted by molar-refractivity contribution is 6.06. The van der Waals surface area contributed by atoms with E-state index in [-0.39, 0.29) is 11.8 Å². The van der Waals surface area contributed by atoms with Gasteiger partial charge in [0.1, 0.15) is 0 Å². The van der Waals surface area contributed by atoms with Crippen molar-refractivity contribution in [3.8, 4) is 0 Å². The zero-order valence-electron chi connectivity index (χ0n) is 14.3. The molecule has 25 heavy (non-hydrogen) atoms. The molecule has 3 aliphatic heterocycles. The lowest BCUT2D eigenvalue weighted by Crippen LogP contribution is -2.45. The van der Waals surface area contributed by atoms with Crippen LogP contribution in [-0.4, -0.2) is 56.1 Å². The van der Waals surface area contributed by atoms with E-state index in [1.165, 1.54) is 0 Å². The third-order valence-electron chi connectivity index (χ3n) is 5.05. The Balaban J connectivity index is 1.50. The topological polar surface area (TPSA) is 53.1 Å². The quantitative estimate of drug-likeness (QED) is 0.841. The van der Waals surface area contributed by atoms with Crippen LogP contribution in [0, 0.1) is 0 Å². The lowest BCUT2D eigenvalue weighted by atomic mass is 10.1. The van der Waals surface area contributed by atoms with E-state index in [1.54, 1.807) is 0 Å². The van der Waals surface area contributed by atoms with Crippen molar-refractivity contribution in [3.05, 3.63) is 36.0 Å². The van der Waals surface area contributed by atoms with Crippen LogP contribution in [0.5, 0.6) is 0 Å². The van der Waals surface area contributed by atoms with Gasteiger partial charge in [0, 0.05) is 44.0 Å². The van der Waals surface area contributed by atoms with Gasteiger partial charge in [0.25, 0.3) is 5.91 Å². The van der Waals surface area contributed by atoms with Crippen LogP contribution in [-0.2, 0) is 14.3 Å². The molecule has 2 saturated heterocycles. The third-order valence-corrected chi connectivity index (χ3v) is 5.05. The fraction of sp³-hybridized carbons (Fsp3) is 0.474. The monoisotopic (exact) mass is 341 g/mol. The van der Waals surface area contributed by atoms with Crippen LogP contribution in [0.4, 0.5) is 11.4 Å². The Morgan fingerprint density at radius 2 is 1.52 bits per heavy atom. The number of hydrogen-bond acceptors (Lipinski definition) is 4. The van der Waals surface area contributed by atoms with Gasteiger partial charge in [0.15, 0.2) is 0 Å². The fourth-order valence-corrected chi connectivity index (χ4v) is 3.71. The van der Waals surface area contributed by atoms with Gasteiger partial charge in [-0.1, -0.05) is 6.08 Å². The van der Waals surface area contributed by atoms with E-state index in [2.05, 4.69) is 4.90 Å². The number of anilines is 2. The van der Waals surface area contributed by atoms with E-state index in [1.807, 2.05) is 40.1 Å². The summed E-state index contributed by atoms with van der Waals surface area (Å²) >= 11 is 0. The Labute approximate surface area is 147 Å². The van der Waals surface area contributed by atoms with Gasteiger partial charge < -0.3 is 19.4 Å². The molecule has 2 amide bonds. The lowest BCUT2D eigenvalue weighted by Gasteiger charge is -2.35. The Kier molecular flexibility index (Phi) is 4.44. The minimum Gasteiger partial charge on any atom is -0.378 e. The normalized spacial score (nSPS) is 21.8. The number of morpholine rings is 1. The zero-order valence-corrected chi connectivity index (χ0v) is 14.3. The van der Waals surface area contributed by atoms with E-state index in [9.17, 15) is 9.59 Å². The maximum Gasteiger partial charge on any atom is 0.274 e. The van der Waals surface area contributed by atoms with Crippen LogP contribution >= 0.6 is 0 Å². The van der Waals surface area contributed by atoms with Gasteiger partial charge in [-0.3, -0.25) is 9.59 Å². The highest BCUT2D eigenvalue weighted by atomic mass is 16.5. The van der Waals surface area contributed by atoms with E-state index < -0.39 is 0 Å². The van der Waals surface area contributed by atoms with Gasteiger partial charge in [0.2, 0.25) is 5.91 Å². The molecule has 0 aliphatic carbocycles. The first-order valence-corrected chi connectivity index (χ1v) is 8.99. The molecule has 0 saturated carbocycles. The molecule has 6 nitrogen and oxygen atoms in total.